The number of benzene rings is 2. The predicted octanol–water partition coefficient (Wildman–Crippen LogP) is 4.16. The van der Waals surface area contributed by atoms with E-state index in [0.717, 1.165) is 5.56 Å². The van der Waals surface area contributed by atoms with E-state index < -0.39 is 0 Å². The van der Waals surface area contributed by atoms with Crippen LogP contribution in [0.5, 0.6) is 5.75 Å². The van der Waals surface area contributed by atoms with Gasteiger partial charge in [0.25, 0.3) is 0 Å². The first-order chi connectivity index (χ1) is 7.58. The van der Waals surface area contributed by atoms with Gasteiger partial charge in [-0.1, -0.05) is 23.2 Å². The molecule has 0 atom stereocenters. The molecule has 16 heavy (non-hydrogen) atoms. The van der Waals surface area contributed by atoms with E-state index in [4.69, 9.17) is 11.6 Å². The molecule has 1 nitrogen and oxygen atoms in total. The van der Waals surface area contributed by atoms with E-state index in [9.17, 15) is 9.50 Å². The zero-order valence-corrected chi connectivity index (χ0v) is 9.42. The van der Waals surface area contributed by atoms with Crippen molar-refractivity contribution in [2.24, 2.45) is 0 Å². The molecule has 0 aliphatic carbocycles. The molecule has 82 valence electrons. The van der Waals surface area contributed by atoms with Crippen LogP contribution in [0.15, 0.2) is 36.4 Å². The van der Waals surface area contributed by atoms with Crippen LogP contribution in [0, 0.1) is 12.7 Å². The number of phenolic OH excluding ortho intramolecular Hbond substituents is 1. The van der Waals surface area contributed by atoms with E-state index >= 15 is 0 Å². The van der Waals surface area contributed by atoms with Crippen molar-refractivity contribution in [1.29, 1.82) is 0 Å². The molecule has 2 aromatic rings. The highest BCUT2D eigenvalue weighted by Gasteiger charge is 2.10. The Morgan fingerprint density at radius 1 is 1.06 bits per heavy atom. The Kier molecular flexibility index (Phi) is 2.84. The minimum Gasteiger partial charge on any atom is -0.507 e. The Balaban J connectivity index is 2.66. The highest BCUT2D eigenvalue weighted by atomic mass is 35.5. The fourth-order valence-corrected chi connectivity index (χ4v) is 1.74. The highest BCUT2D eigenvalue weighted by molar-refractivity contribution is 6.31. The third kappa shape index (κ3) is 2.02. The fraction of sp³-hybridized carbons (Fsp3) is 0.0769. The Morgan fingerprint density at radius 3 is 2.56 bits per heavy atom. The molecule has 0 amide bonds. The number of aryl methyl sites for hydroxylation is 1. The van der Waals surface area contributed by atoms with Gasteiger partial charge in [0.15, 0.2) is 0 Å². The van der Waals surface area contributed by atoms with Crippen molar-refractivity contribution in [2.45, 2.75) is 6.92 Å². The molecule has 0 heterocycles. The van der Waals surface area contributed by atoms with Crippen LogP contribution in [-0.2, 0) is 0 Å². The molecule has 2 rings (SSSR count). The molecule has 0 radical (unpaired) electrons. The zero-order valence-electron chi connectivity index (χ0n) is 8.67. The van der Waals surface area contributed by atoms with Gasteiger partial charge in [-0.2, -0.15) is 0 Å². The Morgan fingerprint density at radius 2 is 1.81 bits per heavy atom. The van der Waals surface area contributed by atoms with Crippen LogP contribution in [-0.4, -0.2) is 5.11 Å². The molecule has 0 saturated carbocycles. The smallest absolute Gasteiger partial charge is 0.131 e. The maximum Gasteiger partial charge on any atom is 0.131 e. The van der Waals surface area contributed by atoms with E-state index in [2.05, 4.69) is 0 Å². The molecule has 0 bridgehead atoms. The molecule has 3 heteroatoms. The van der Waals surface area contributed by atoms with Crippen molar-refractivity contribution >= 4 is 11.6 Å². The first kappa shape index (κ1) is 11.0. The molecular weight excluding hydrogens is 227 g/mol. The Bertz CT molecular complexity index is 488. The summed E-state index contributed by atoms with van der Waals surface area (Å²) < 4.78 is 13.6. The number of hydrogen-bond acceptors (Lipinski definition) is 1. The number of halogens is 2. The van der Waals surface area contributed by atoms with Crippen molar-refractivity contribution in [1.82, 2.24) is 0 Å². The monoisotopic (exact) mass is 236 g/mol. The third-order valence-electron chi connectivity index (χ3n) is 2.37. The van der Waals surface area contributed by atoms with Crippen LogP contribution in [0.1, 0.15) is 5.56 Å². The summed E-state index contributed by atoms with van der Waals surface area (Å²) in [4.78, 5) is 0. The van der Waals surface area contributed by atoms with Crippen molar-refractivity contribution < 1.29 is 9.50 Å². The van der Waals surface area contributed by atoms with Crippen LogP contribution in [0.3, 0.4) is 0 Å². The second kappa shape index (κ2) is 4.14. The van der Waals surface area contributed by atoms with Gasteiger partial charge in [0.2, 0.25) is 0 Å². The lowest BCUT2D eigenvalue weighted by atomic mass is 10.0. The van der Waals surface area contributed by atoms with Crippen LogP contribution in [0.2, 0.25) is 5.02 Å². The first-order valence-corrected chi connectivity index (χ1v) is 5.21. The van der Waals surface area contributed by atoms with Crippen LogP contribution < -0.4 is 0 Å². The zero-order chi connectivity index (χ0) is 11.7. The second-order valence-corrected chi connectivity index (χ2v) is 4.08. The maximum atomic E-state index is 13.6. The summed E-state index contributed by atoms with van der Waals surface area (Å²) in [5.41, 5.74) is 1.70. The molecule has 1 N–H and O–H groups in total. The quantitative estimate of drug-likeness (QED) is 0.788. The minimum absolute atomic E-state index is 0.0221. The first-order valence-electron chi connectivity index (χ1n) is 4.83. The summed E-state index contributed by atoms with van der Waals surface area (Å²) in [6.45, 7) is 1.87. The summed E-state index contributed by atoms with van der Waals surface area (Å²) in [5, 5.41) is 10.1. The van der Waals surface area contributed by atoms with Crippen molar-refractivity contribution in [3.05, 3.63) is 52.8 Å². The van der Waals surface area contributed by atoms with Crippen LogP contribution in [0.4, 0.5) is 4.39 Å². The van der Waals surface area contributed by atoms with E-state index in [1.54, 1.807) is 24.3 Å². The summed E-state index contributed by atoms with van der Waals surface area (Å²) >= 11 is 5.83. The van der Waals surface area contributed by atoms with Gasteiger partial charge in [-0.3, -0.25) is 0 Å². The highest BCUT2D eigenvalue weighted by Crippen LogP contribution is 2.33. The van der Waals surface area contributed by atoms with E-state index in [0.29, 0.717) is 16.1 Å². The lowest BCUT2D eigenvalue weighted by Gasteiger charge is -2.07. The van der Waals surface area contributed by atoms with E-state index in [1.165, 1.54) is 12.1 Å². The van der Waals surface area contributed by atoms with Gasteiger partial charge in [-0.15, -0.1) is 0 Å². The number of hydrogen-bond donors (Lipinski definition) is 1. The van der Waals surface area contributed by atoms with Crippen molar-refractivity contribution in [2.75, 3.05) is 0 Å². The third-order valence-corrected chi connectivity index (χ3v) is 2.61. The van der Waals surface area contributed by atoms with Gasteiger partial charge in [0.1, 0.15) is 11.6 Å². The summed E-state index contributed by atoms with van der Waals surface area (Å²) in [5.74, 6) is -0.350. The van der Waals surface area contributed by atoms with Gasteiger partial charge >= 0.3 is 0 Å². The number of rotatable bonds is 1. The SMILES string of the molecule is Cc1ccc(F)c(-c2cc(Cl)ccc2O)c1. The van der Waals surface area contributed by atoms with Crippen molar-refractivity contribution in [3.63, 3.8) is 0 Å². The minimum atomic E-state index is -0.372. The van der Waals surface area contributed by atoms with Gasteiger partial charge in [0.05, 0.1) is 0 Å². The van der Waals surface area contributed by atoms with Crippen LogP contribution >= 0.6 is 11.6 Å². The molecule has 0 aliphatic rings. The average Bonchev–Trinajstić information content (AvgIpc) is 2.25. The maximum absolute atomic E-state index is 13.6. The molecule has 0 unspecified atom stereocenters. The molecule has 0 saturated heterocycles. The second-order valence-electron chi connectivity index (χ2n) is 3.64. The Labute approximate surface area is 98.1 Å². The van der Waals surface area contributed by atoms with E-state index in [1.807, 2.05) is 6.92 Å². The molecule has 0 spiro atoms. The summed E-state index contributed by atoms with van der Waals surface area (Å²) in [6.07, 6.45) is 0. The molecule has 0 fully saturated rings. The topological polar surface area (TPSA) is 20.2 Å². The molecule has 2 aromatic carbocycles. The summed E-state index contributed by atoms with van der Waals surface area (Å²) in [6, 6.07) is 9.31. The fourth-order valence-electron chi connectivity index (χ4n) is 1.57. The largest absolute Gasteiger partial charge is 0.507 e. The average molecular weight is 237 g/mol. The number of phenols is 1. The normalized spacial score (nSPS) is 10.4. The van der Waals surface area contributed by atoms with Gasteiger partial charge in [-0.05, 0) is 37.3 Å². The lowest BCUT2D eigenvalue weighted by Crippen LogP contribution is -1.86. The summed E-state index contributed by atoms with van der Waals surface area (Å²) in [7, 11) is 0. The standard InChI is InChI=1S/C13H10ClFO/c1-8-2-4-12(15)10(6-8)11-7-9(14)3-5-13(11)16/h2-7,16H,1H3. The Hall–Kier alpha value is -1.54. The van der Waals surface area contributed by atoms with E-state index in [-0.39, 0.29) is 11.6 Å². The molecule has 0 aromatic heterocycles. The van der Waals surface area contributed by atoms with Crippen molar-refractivity contribution in [3.8, 4) is 16.9 Å². The van der Waals surface area contributed by atoms with Gasteiger partial charge in [0, 0.05) is 16.1 Å². The number of aromatic hydroxyl groups is 1. The van der Waals surface area contributed by atoms with Crippen LogP contribution in [0.25, 0.3) is 11.1 Å². The molecule has 0 aliphatic heterocycles. The van der Waals surface area contributed by atoms with Gasteiger partial charge in [-0.25, -0.2) is 4.39 Å². The molecular formula is C13H10ClFO. The predicted molar refractivity (Wildman–Crippen MR) is 63.2 cm³/mol. The van der Waals surface area contributed by atoms with Gasteiger partial charge < -0.3 is 5.11 Å². The lowest BCUT2D eigenvalue weighted by molar-refractivity contribution is 0.476.